The Hall–Kier alpha value is -3.39. The van der Waals surface area contributed by atoms with E-state index in [4.69, 9.17) is 26.4 Å². The third kappa shape index (κ3) is 7.18. The second-order valence-electron chi connectivity index (χ2n) is 9.65. The van der Waals surface area contributed by atoms with Gasteiger partial charge in [-0.25, -0.2) is 4.79 Å². The number of likely N-dealkylation sites (N-methyl/N-ethyl adjacent to an activating group) is 1. The summed E-state index contributed by atoms with van der Waals surface area (Å²) >= 11 is 6.27. The minimum Gasteiger partial charge on any atom is -0.508 e. The van der Waals surface area contributed by atoms with Crippen LogP contribution < -0.4 is 5.32 Å². The Morgan fingerprint density at radius 2 is 1.85 bits per heavy atom. The quantitative estimate of drug-likeness (QED) is 0.396. The van der Waals surface area contributed by atoms with Gasteiger partial charge in [0.2, 0.25) is 0 Å². The van der Waals surface area contributed by atoms with Crippen molar-refractivity contribution < 1.29 is 19.7 Å². The summed E-state index contributed by atoms with van der Waals surface area (Å²) in [4.78, 5) is 18.6. The Bertz CT molecular complexity index is 1320. The highest BCUT2D eigenvalue weighted by Gasteiger charge is 2.26. The van der Waals surface area contributed by atoms with Crippen LogP contribution in [0, 0.1) is 0 Å². The van der Waals surface area contributed by atoms with Crippen molar-refractivity contribution in [3.05, 3.63) is 99.3 Å². The van der Waals surface area contributed by atoms with Crippen molar-refractivity contribution in [3.8, 4) is 5.75 Å². The first-order valence-corrected chi connectivity index (χ1v) is 13.8. The molecule has 1 aliphatic heterocycles. The zero-order valence-electron chi connectivity index (χ0n) is 22.5. The number of ether oxygens (including phenoxy) is 1. The Labute approximate surface area is 235 Å². The maximum atomic E-state index is 12.0. The molecule has 8 heteroatoms. The van der Waals surface area contributed by atoms with Crippen LogP contribution in [0.1, 0.15) is 53.8 Å². The van der Waals surface area contributed by atoms with Crippen LogP contribution in [0.25, 0.3) is 5.57 Å². The number of hydrogen-bond acceptors (Lipinski definition) is 6. The molecule has 0 saturated carbocycles. The maximum absolute atomic E-state index is 12.0. The number of nitrogens with one attached hydrogen (secondary N) is 1. The Morgan fingerprint density at radius 1 is 1.08 bits per heavy atom. The molecular weight excluding hydrogens is 514 g/mol. The highest BCUT2D eigenvalue weighted by atomic mass is 35.5. The van der Waals surface area contributed by atoms with Gasteiger partial charge in [0.15, 0.2) is 0 Å². The van der Waals surface area contributed by atoms with Crippen LogP contribution >= 0.6 is 11.6 Å². The van der Waals surface area contributed by atoms with E-state index in [1.807, 2.05) is 25.3 Å². The number of nitrogens with zero attached hydrogens (tertiary/aromatic N) is 2. The summed E-state index contributed by atoms with van der Waals surface area (Å²) in [6, 6.07) is 17.0. The van der Waals surface area contributed by atoms with Gasteiger partial charge in [-0.1, -0.05) is 41.4 Å². The summed E-state index contributed by atoms with van der Waals surface area (Å²) < 4.78 is 5.15. The number of phenols is 1. The third-order valence-corrected chi connectivity index (χ3v) is 7.26. The van der Waals surface area contributed by atoms with Crippen molar-refractivity contribution in [2.75, 3.05) is 33.3 Å². The van der Waals surface area contributed by atoms with E-state index in [0.717, 1.165) is 42.0 Å². The predicted octanol–water partition coefficient (Wildman–Crippen LogP) is 5.53. The SMILES string of the molecule is CCOC(=O)N1CCC(=C2c3ccc(Cl)cc3CCc3cccnc32)CC1.CNC[C@H](O)c1cccc(O)c1. The molecule has 0 bridgehead atoms. The molecule has 39 heavy (non-hydrogen) atoms. The number of rotatable bonds is 4. The molecule has 1 amide bonds. The van der Waals surface area contributed by atoms with E-state index < -0.39 is 6.10 Å². The molecule has 1 aromatic heterocycles. The number of fused-ring (bicyclic) bond motifs is 2. The minimum atomic E-state index is -0.554. The number of aromatic hydroxyl groups is 1. The second kappa shape index (κ2) is 13.6. The lowest BCUT2D eigenvalue weighted by Gasteiger charge is -2.29. The molecule has 3 N–H and O–H groups in total. The summed E-state index contributed by atoms with van der Waals surface area (Å²) in [5.74, 6) is 0.183. The number of piperidine rings is 1. The van der Waals surface area contributed by atoms with Gasteiger partial charge in [-0.2, -0.15) is 0 Å². The fourth-order valence-corrected chi connectivity index (χ4v) is 5.30. The van der Waals surface area contributed by atoms with Crippen LogP contribution in [0.15, 0.2) is 66.4 Å². The monoisotopic (exact) mass is 549 g/mol. The van der Waals surface area contributed by atoms with E-state index in [-0.39, 0.29) is 11.8 Å². The average Bonchev–Trinajstić information content (AvgIpc) is 3.10. The number of aryl methyl sites for hydroxylation is 2. The van der Waals surface area contributed by atoms with Gasteiger partial charge in [-0.3, -0.25) is 4.98 Å². The van der Waals surface area contributed by atoms with Crippen LogP contribution in [0.3, 0.4) is 0 Å². The number of aromatic nitrogens is 1. The number of carbonyl (C=O) groups excluding carboxylic acids is 1. The third-order valence-electron chi connectivity index (χ3n) is 7.03. The number of pyridine rings is 1. The highest BCUT2D eigenvalue weighted by Crippen LogP contribution is 2.38. The standard InChI is InChI=1S/C22H23ClN2O2.C9H13NO2/c1-2-27-22(26)25-12-9-15(10-13-25)20-19-8-7-18(23)14-17(19)6-5-16-4-3-11-24-21(16)20;1-10-6-9(12)7-3-2-4-8(11)5-7/h3-4,7-8,11,14H,2,5-6,9-10,12-13H2,1H3;2-5,9-12H,6H2,1H3/t;9-/m.0/s1. The van der Waals surface area contributed by atoms with Crippen molar-refractivity contribution in [2.24, 2.45) is 0 Å². The van der Waals surface area contributed by atoms with Gasteiger partial charge >= 0.3 is 6.09 Å². The minimum absolute atomic E-state index is 0.183. The number of hydrogen-bond donors (Lipinski definition) is 3. The summed E-state index contributed by atoms with van der Waals surface area (Å²) in [6.07, 6.45) is 4.70. The number of phenolic OH excluding ortho intramolecular Hbond substituents is 1. The smallest absolute Gasteiger partial charge is 0.409 e. The van der Waals surface area contributed by atoms with Crippen molar-refractivity contribution in [3.63, 3.8) is 0 Å². The van der Waals surface area contributed by atoms with Crippen LogP contribution in [-0.2, 0) is 17.6 Å². The van der Waals surface area contributed by atoms with Gasteiger partial charge < -0.3 is 25.2 Å². The molecule has 5 rings (SSSR count). The molecule has 2 aliphatic rings. The molecule has 0 radical (unpaired) electrons. The van der Waals surface area contributed by atoms with Crippen LogP contribution in [0.4, 0.5) is 4.79 Å². The number of amides is 1. The highest BCUT2D eigenvalue weighted by molar-refractivity contribution is 6.30. The molecule has 2 heterocycles. The zero-order valence-corrected chi connectivity index (χ0v) is 23.2. The lowest BCUT2D eigenvalue weighted by molar-refractivity contribution is 0.104. The summed E-state index contributed by atoms with van der Waals surface area (Å²) in [5, 5.41) is 22.2. The van der Waals surface area contributed by atoms with Crippen molar-refractivity contribution in [1.29, 1.82) is 0 Å². The molecular formula is C31H36ClN3O4. The number of aliphatic hydroxyl groups is 1. The Balaban J connectivity index is 0.000000247. The molecule has 2 aromatic carbocycles. The van der Waals surface area contributed by atoms with Gasteiger partial charge in [0.1, 0.15) is 5.75 Å². The van der Waals surface area contributed by atoms with Crippen molar-refractivity contribution in [1.82, 2.24) is 15.2 Å². The van der Waals surface area contributed by atoms with Gasteiger partial charge in [0.05, 0.1) is 18.4 Å². The van der Waals surface area contributed by atoms with Crippen LogP contribution in [0.5, 0.6) is 5.75 Å². The van der Waals surface area contributed by atoms with E-state index in [1.54, 1.807) is 36.2 Å². The molecule has 0 spiro atoms. The van der Waals surface area contributed by atoms with Crippen molar-refractivity contribution >= 4 is 23.3 Å². The topological polar surface area (TPSA) is 94.9 Å². The largest absolute Gasteiger partial charge is 0.508 e. The summed E-state index contributed by atoms with van der Waals surface area (Å²) in [5.41, 5.74) is 8.19. The maximum Gasteiger partial charge on any atom is 0.409 e. The molecule has 1 saturated heterocycles. The fraction of sp³-hybridized carbons (Fsp3) is 0.355. The molecule has 1 atom stereocenters. The summed E-state index contributed by atoms with van der Waals surface area (Å²) in [7, 11) is 1.77. The lowest BCUT2D eigenvalue weighted by atomic mass is 9.88. The summed E-state index contributed by atoms with van der Waals surface area (Å²) in [6.45, 7) is 4.11. The van der Waals surface area contributed by atoms with E-state index in [0.29, 0.717) is 26.2 Å². The van der Waals surface area contributed by atoms with Gasteiger partial charge in [0.25, 0.3) is 0 Å². The number of likely N-dealkylation sites (tertiary alicyclic amines) is 1. The van der Waals surface area contributed by atoms with Crippen molar-refractivity contribution in [2.45, 2.75) is 38.7 Å². The Morgan fingerprint density at radius 3 is 2.56 bits per heavy atom. The van der Waals surface area contributed by atoms with E-state index in [1.165, 1.54) is 27.8 Å². The normalized spacial score (nSPS) is 15.3. The molecule has 0 unspecified atom stereocenters. The average molecular weight is 550 g/mol. The molecule has 7 nitrogen and oxygen atoms in total. The zero-order chi connectivity index (χ0) is 27.8. The molecule has 1 aliphatic carbocycles. The van der Waals surface area contributed by atoms with Gasteiger partial charge in [-0.15, -0.1) is 0 Å². The molecule has 206 valence electrons. The second-order valence-corrected chi connectivity index (χ2v) is 10.1. The number of benzene rings is 2. The number of aliphatic hydroxyl groups excluding tert-OH is 1. The first-order chi connectivity index (χ1) is 18.9. The first kappa shape index (κ1) is 28.6. The van der Waals surface area contributed by atoms with Gasteiger partial charge in [-0.05, 0) is 92.2 Å². The molecule has 1 fully saturated rings. The van der Waals surface area contributed by atoms with E-state index in [9.17, 15) is 9.90 Å². The molecule has 3 aromatic rings. The lowest BCUT2D eigenvalue weighted by Crippen LogP contribution is -2.37. The predicted molar refractivity (Wildman–Crippen MR) is 154 cm³/mol. The van der Waals surface area contributed by atoms with Gasteiger partial charge in [0, 0.05) is 36.4 Å². The number of carbonyl (C=O) groups is 1. The first-order valence-electron chi connectivity index (χ1n) is 13.4. The van der Waals surface area contributed by atoms with E-state index >= 15 is 0 Å². The number of halogens is 1. The fourth-order valence-electron chi connectivity index (χ4n) is 5.10. The van der Waals surface area contributed by atoms with Crippen LogP contribution in [-0.4, -0.2) is 59.5 Å². The van der Waals surface area contributed by atoms with Crippen LogP contribution in [0.2, 0.25) is 5.02 Å². The Kier molecular flexibility index (Phi) is 9.98. The van der Waals surface area contributed by atoms with E-state index in [2.05, 4.69) is 23.5 Å².